The van der Waals surface area contributed by atoms with Crippen molar-refractivity contribution in [2.45, 2.75) is 25.9 Å². The molecule has 0 radical (unpaired) electrons. The number of hydrogen-bond acceptors (Lipinski definition) is 7. The van der Waals surface area contributed by atoms with Crippen LogP contribution < -0.4 is 10.5 Å². The molecule has 1 aliphatic heterocycles. The van der Waals surface area contributed by atoms with E-state index in [1.54, 1.807) is 17.1 Å². The minimum atomic E-state index is 0.0736. The van der Waals surface area contributed by atoms with Gasteiger partial charge in [0.05, 0.1) is 23.4 Å². The lowest BCUT2D eigenvalue weighted by molar-refractivity contribution is 0.237. The Labute approximate surface area is 156 Å². The number of fused-ring (bicyclic) bond motifs is 1. The summed E-state index contributed by atoms with van der Waals surface area (Å²) in [5.41, 5.74) is 2.84. The molecule has 0 atom stereocenters. The van der Waals surface area contributed by atoms with Crippen molar-refractivity contribution in [3.05, 3.63) is 46.8 Å². The maximum atomic E-state index is 12.7. The van der Waals surface area contributed by atoms with Gasteiger partial charge in [-0.3, -0.25) is 14.3 Å². The van der Waals surface area contributed by atoms with Crippen LogP contribution in [0.25, 0.3) is 10.9 Å². The highest BCUT2D eigenvalue weighted by Gasteiger charge is 2.23. The molecular weight excluding hydrogens is 344 g/mol. The molecule has 5 rings (SSSR count). The Morgan fingerprint density at radius 2 is 2.00 bits per heavy atom. The van der Waals surface area contributed by atoms with E-state index < -0.39 is 0 Å². The second-order valence-electron chi connectivity index (χ2n) is 7.51. The zero-order valence-electron chi connectivity index (χ0n) is 15.1. The summed E-state index contributed by atoms with van der Waals surface area (Å²) < 4.78 is 6.42. The Hall–Kier alpha value is -2.74. The SMILES string of the molecule is O=c1c2ccc(N3CCN(Cc4cnon4)CC3)cc2ncn1CC1CC1. The lowest BCUT2D eigenvalue weighted by Crippen LogP contribution is -2.46. The van der Waals surface area contributed by atoms with Crippen LogP contribution in [0.3, 0.4) is 0 Å². The van der Waals surface area contributed by atoms with Crippen LogP contribution in [0.4, 0.5) is 5.69 Å². The molecule has 8 heteroatoms. The zero-order valence-corrected chi connectivity index (χ0v) is 15.1. The van der Waals surface area contributed by atoms with Crippen LogP contribution in [0.5, 0.6) is 0 Å². The third kappa shape index (κ3) is 3.44. The monoisotopic (exact) mass is 366 g/mol. The van der Waals surface area contributed by atoms with Crippen LogP contribution in [-0.4, -0.2) is 50.9 Å². The number of nitrogens with zero attached hydrogens (tertiary/aromatic N) is 6. The third-order valence-electron chi connectivity index (χ3n) is 5.49. The molecule has 1 saturated carbocycles. The first kappa shape index (κ1) is 16.4. The van der Waals surface area contributed by atoms with Crippen molar-refractivity contribution in [3.63, 3.8) is 0 Å². The fraction of sp³-hybridized carbons (Fsp3) is 0.474. The summed E-state index contributed by atoms with van der Waals surface area (Å²) in [4.78, 5) is 21.9. The largest absolute Gasteiger partial charge is 0.369 e. The lowest BCUT2D eigenvalue weighted by Gasteiger charge is -2.35. The molecule has 0 N–H and O–H groups in total. The summed E-state index contributed by atoms with van der Waals surface area (Å²) in [5, 5.41) is 8.24. The summed E-state index contributed by atoms with van der Waals surface area (Å²) in [6.07, 6.45) is 5.82. The predicted octanol–water partition coefficient (Wildman–Crippen LogP) is 1.51. The van der Waals surface area contributed by atoms with Crippen molar-refractivity contribution in [1.82, 2.24) is 24.8 Å². The van der Waals surface area contributed by atoms with Crippen LogP contribution >= 0.6 is 0 Å². The third-order valence-corrected chi connectivity index (χ3v) is 5.49. The highest BCUT2D eigenvalue weighted by atomic mass is 16.6. The number of anilines is 1. The van der Waals surface area contributed by atoms with Gasteiger partial charge in [-0.05, 0) is 37.0 Å². The van der Waals surface area contributed by atoms with Gasteiger partial charge in [-0.15, -0.1) is 0 Å². The van der Waals surface area contributed by atoms with E-state index in [-0.39, 0.29) is 5.56 Å². The number of rotatable bonds is 5. The van der Waals surface area contributed by atoms with Crippen molar-refractivity contribution in [3.8, 4) is 0 Å². The van der Waals surface area contributed by atoms with E-state index in [0.29, 0.717) is 11.3 Å². The van der Waals surface area contributed by atoms with Crippen LogP contribution in [0.2, 0.25) is 0 Å². The molecule has 1 saturated heterocycles. The van der Waals surface area contributed by atoms with E-state index in [1.807, 2.05) is 18.2 Å². The molecule has 1 aromatic carbocycles. The highest BCUT2D eigenvalue weighted by molar-refractivity contribution is 5.81. The number of aromatic nitrogens is 4. The summed E-state index contributed by atoms with van der Waals surface area (Å²) in [7, 11) is 0. The Bertz CT molecular complexity index is 987. The molecule has 2 fully saturated rings. The molecule has 0 bridgehead atoms. The quantitative estimate of drug-likeness (QED) is 0.677. The fourth-order valence-corrected chi connectivity index (χ4v) is 3.70. The first-order chi connectivity index (χ1) is 13.3. The molecule has 0 amide bonds. The van der Waals surface area contributed by atoms with Crippen molar-refractivity contribution in [2.75, 3.05) is 31.1 Å². The highest BCUT2D eigenvalue weighted by Crippen LogP contribution is 2.30. The molecule has 1 aliphatic carbocycles. The van der Waals surface area contributed by atoms with Crippen LogP contribution in [0.1, 0.15) is 18.5 Å². The van der Waals surface area contributed by atoms with Gasteiger partial charge >= 0.3 is 0 Å². The summed E-state index contributed by atoms with van der Waals surface area (Å²) in [6, 6.07) is 6.01. The minimum Gasteiger partial charge on any atom is -0.369 e. The van der Waals surface area contributed by atoms with Gasteiger partial charge in [0.15, 0.2) is 0 Å². The lowest BCUT2D eigenvalue weighted by atomic mass is 10.2. The number of benzene rings is 1. The van der Waals surface area contributed by atoms with Crippen LogP contribution in [0, 0.1) is 5.92 Å². The average Bonchev–Trinajstić information content (AvgIpc) is 3.37. The van der Waals surface area contributed by atoms with Crippen LogP contribution in [-0.2, 0) is 13.1 Å². The summed E-state index contributed by atoms with van der Waals surface area (Å²) in [6.45, 7) is 5.30. The molecule has 0 spiro atoms. The second kappa shape index (κ2) is 6.77. The first-order valence-corrected chi connectivity index (χ1v) is 9.49. The molecular formula is C19H22N6O2. The summed E-state index contributed by atoms with van der Waals surface area (Å²) in [5.74, 6) is 0.658. The van der Waals surface area contributed by atoms with Crippen molar-refractivity contribution < 1.29 is 4.63 Å². The zero-order chi connectivity index (χ0) is 18.2. The Kier molecular flexibility index (Phi) is 4.12. The molecule has 2 aromatic heterocycles. The second-order valence-corrected chi connectivity index (χ2v) is 7.51. The maximum Gasteiger partial charge on any atom is 0.261 e. The van der Waals surface area contributed by atoms with Crippen LogP contribution in [0.15, 0.2) is 40.1 Å². The van der Waals surface area contributed by atoms with Crippen molar-refractivity contribution in [2.24, 2.45) is 5.92 Å². The Morgan fingerprint density at radius 1 is 1.15 bits per heavy atom. The van der Waals surface area contributed by atoms with Crippen molar-refractivity contribution in [1.29, 1.82) is 0 Å². The molecule has 8 nitrogen and oxygen atoms in total. The molecule has 27 heavy (non-hydrogen) atoms. The number of piperazine rings is 1. The summed E-state index contributed by atoms with van der Waals surface area (Å²) >= 11 is 0. The topological polar surface area (TPSA) is 80.3 Å². The molecule has 0 unspecified atom stereocenters. The van der Waals surface area contributed by atoms with Gasteiger partial charge in [0, 0.05) is 45.0 Å². The van der Waals surface area contributed by atoms with E-state index in [9.17, 15) is 4.79 Å². The average molecular weight is 366 g/mol. The van der Waals surface area contributed by atoms with Gasteiger partial charge in [-0.1, -0.05) is 10.3 Å². The van der Waals surface area contributed by atoms with Gasteiger partial charge in [0.2, 0.25) is 0 Å². The van der Waals surface area contributed by atoms with E-state index in [4.69, 9.17) is 0 Å². The van der Waals surface area contributed by atoms with Crippen molar-refractivity contribution >= 4 is 16.6 Å². The fourth-order valence-electron chi connectivity index (χ4n) is 3.70. The molecule has 3 heterocycles. The molecule has 2 aliphatic rings. The van der Waals surface area contributed by atoms with E-state index in [0.717, 1.165) is 56.2 Å². The maximum absolute atomic E-state index is 12.7. The Morgan fingerprint density at radius 3 is 2.74 bits per heavy atom. The van der Waals surface area contributed by atoms with Gasteiger partial charge in [-0.2, -0.15) is 0 Å². The number of hydrogen-bond donors (Lipinski definition) is 0. The van der Waals surface area contributed by atoms with Gasteiger partial charge in [-0.25, -0.2) is 9.61 Å². The van der Waals surface area contributed by atoms with Gasteiger partial charge in [0.25, 0.3) is 5.56 Å². The molecule has 3 aromatic rings. The Balaban J connectivity index is 1.30. The van der Waals surface area contributed by atoms with E-state index >= 15 is 0 Å². The predicted molar refractivity (Wildman–Crippen MR) is 101 cm³/mol. The minimum absolute atomic E-state index is 0.0736. The molecule has 140 valence electrons. The van der Waals surface area contributed by atoms with Gasteiger partial charge in [0.1, 0.15) is 5.69 Å². The first-order valence-electron chi connectivity index (χ1n) is 9.49. The van der Waals surface area contributed by atoms with E-state index in [2.05, 4.69) is 29.7 Å². The van der Waals surface area contributed by atoms with E-state index in [1.165, 1.54) is 12.8 Å². The normalized spacial score (nSPS) is 18.3. The van der Waals surface area contributed by atoms with Gasteiger partial charge < -0.3 is 4.90 Å². The standard InChI is InChI=1S/C19H22N6O2/c26-19-17-4-3-16(9-18(17)20-13-25(19)11-14-1-2-14)24-7-5-23(6-8-24)12-15-10-21-27-22-15/h3-4,9-10,13-14H,1-2,5-8,11-12H2. The smallest absolute Gasteiger partial charge is 0.261 e.